The standard InChI is InChI=1S/C8H9N3/c1-6-8-7(5-11(6)9)3-2-4-10-8/h2-5H,9H2,1H3. The Balaban J connectivity index is 2.92. The molecular weight excluding hydrogens is 138 g/mol. The van der Waals surface area contributed by atoms with Gasteiger partial charge in [0.05, 0.1) is 11.2 Å². The van der Waals surface area contributed by atoms with E-state index >= 15 is 0 Å². The lowest BCUT2D eigenvalue weighted by atomic mass is 10.3. The van der Waals surface area contributed by atoms with E-state index in [1.54, 1.807) is 10.9 Å². The zero-order chi connectivity index (χ0) is 7.84. The van der Waals surface area contributed by atoms with Crippen molar-refractivity contribution in [3.8, 4) is 0 Å². The maximum absolute atomic E-state index is 5.63. The lowest BCUT2D eigenvalue weighted by molar-refractivity contribution is 0.967. The molecule has 0 aliphatic carbocycles. The number of pyridine rings is 1. The fourth-order valence-electron chi connectivity index (χ4n) is 1.19. The molecule has 0 fully saturated rings. The summed E-state index contributed by atoms with van der Waals surface area (Å²) in [6, 6.07) is 3.90. The molecule has 0 bridgehead atoms. The van der Waals surface area contributed by atoms with Crippen LogP contribution in [0.25, 0.3) is 10.9 Å². The molecule has 0 aliphatic heterocycles. The average molecular weight is 147 g/mol. The molecule has 0 saturated carbocycles. The van der Waals surface area contributed by atoms with Crippen molar-refractivity contribution in [2.45, 2.75) is 6.92 Å². The third kappa shape index (κ3) is 0.774. The van der Waals surface area contributed by atoms with Crippen molar-refractivity contribution in [1.29, 1.82) is 0 Å². The van der Waals surface area contributed by atoms with E-state index in [2.05, 4.69) is 4.98 Å². The number of nitrogens with zero attached hydrogens (tertiary/aromatic N) is 2. The Morgan fingerprint density at radius 2 is 2.36 bits per heavy atom. The molecule has 0 unspecified atom stereocenters. The monoisotopic (exact) mass is 147 g/mol. The van der Waals surface area contributed by atoms with E-state index < -0.39 is 0 Å². The van der Waals surface area contributed by atoms with Gasteiger partial charge in [0.25, 0.3) is 0 Å². The van der Waals surface area contributed by atoms with Crippen LogP contribution in [-0.4, -0.2) is 9.66 Å². The van der Waals surface area contributed by atoms with Gasteiger partial charge in [0.2, 0.25) is 0 Å². The molecule has 3 nitrogen and oxygen atoms in total. The van der Waals surface area contributed by atoms with Crippen molar-refractivity contribution in [3.63, 3.8) is 0 Å². The predicted octanol–water partition coefficient (Wildman–Crippen LogP) is 1.06. The van der Waals surface area contributed by atoms with Crippen molar-refractivity contribution >= 4 is 10.9 Å². The van der Waals surface area contributed by atoms with E-state index in [9.17, 15) is 0 Å². The van der Waals surface area contributed by atoms with Crippen molar-refractivity contribution in [1.82, 2.24) is 9.66 Å². The van der Waals surface area contributed by atoms with Crippen molar-refractivity contribution in [2.75, 3.05) is 5.84 Å². The molecule has 2 aromatic heterocycles. The van der Waals surface area contributed by atoms with Crippen LogP contribution in [0.2, 0.25) is 0 Å². The summed E-state index contributed by atoms with van der Waals surface area (Å²) in [6.45, 7) is 1.95. The number of nitrogens with two attached hydrogens (primary N) is 1. The first-order valence-corrected chi connectivity index (χ1v) is 3.47. The van der Waals surface area contributed by atoms with E-state index in [1.165, 1.54) is 0 Å². The molecule has 2 aromatic rings. The Kier molecular flexibility index (Phi) is 1.12. The van der Waals surface area contributed by atoms with Crippen LogP contribution in [0.1, 0.15) is 5.69 Å². The number of fused-ring (bicyclic) bond motifs is 1. The summed E-state index contributed by atoms with van der Waals surface area (Å²) in [5.74, 6) is 5.63. The van der Waals surface area contributed by atoms with E-state index in [0.717, 1.165) is 16.6 Å². The second kappa shape index (κ2) is 1.99. The fraction of sp³-hybridized carbons (Fsp3) is 0.125. The molecule has 2 rings (SSSR count). The first-order chi connectivity index (χ1) is 5.29. The van der Waals surface area contributed by atoms with E-state index in [-0.39, 0.29) is 0 Å². The number of nitrogen functional groups attached to an aromatic ring is 1. The summed E-state index contributed by atoms with van der Waals surface area (Å²) in [5.41, 5.74) is 1.98. The van der Waals surface area contributed by atoms with Gasteiger partial charge >= 0.3 is 0 Å². The highest BCUT2D eigenvalue weighted by atomic mass is 15.3. The molecule has 2 heterocycles. The zero-order valence-corrected chi connectivity index (χ0v) is 6.28. The van der Waals surface area contributed by atoms with Gasteiger partial charge in [-0.1, -0.05) is 0 Å². The number of rotatable bonds is 0. The largest absolute Gasteiger partial charge is 0.339 e. The van der Waals surface area contributed by atoms with Gasteiger partial charge in [-0.2, -0.15) is 0 Å². The summed E-state index contributed by atoms with van der Waals surface area (Å²) < 4.78 is 1.59. The normalized spacial score (nSPS) is 10.6. The molecule has 0 aliphatic rings. The van der Waals surface area contributed by atoms with Crippen LogP contribution in [0.15, 0.2) is 24.5 Å². The Bertz CT molecular complexity index is 389. The minimum absolute atomic E-state index is 0.981. The first kappa shape index (κ1) is 6.22. The lowest BCUT2D eigenvalue weighted by Gasteiger charge is -1.92. The Morgan fingerprint density at radius 3 is 3.09 bits per heavy atom. The van der Waals surface area contributed by atoms with Gasteiger partial charge in [0.1, 0.15) is 0 Å². The van der Waals surface area contributed by atoms with Crippen LogP contribution in [-0.2, 0) is 0 Å². The van der Waals surface area contributed by atoms with Gasteiger partial charge < -0.3 is 5.84 Å². The third-order valence-corrected chi connectivity index (χ3v) is 1.85. The number of aryl methyl sites for hydroxylation is 1. The van der Waals surface area contributed by atoms with Gasteiger partial charge in [-0.15, -0.1) is 0 Å². The summed E-state index contributed by atoms with van der Waals surface area (Å²) >= 11 is 0. The number of aromatic nitrogens is 2. The highest BCUT2D eigenvalue weighted by molar-refractivity contribution is 5.81. The molecule has 56 valence electrons. The number of hydrogen-bond acceptors (Lipinski definition) is 2. The summed E-state index contributed by atoms with van der Waals surface area (Å²) in [5, 5.41) is 1.09. The second-order valence-corrected chi connectivity index (χ2v) is 2.56. The molecule has 0 amide bonds. The molecule has 0 spiro atoms. The van der Waals surface area contributed by atoms with Crippen molar-refractivity contribution in [2.24, 2.45) is 0 Å². The minimum atomic E-state index is 0.981. The van der Waals surface area contributed by atoms with Crippen molar-refractivity contribution < 1.29 is 0 Å². The van der Waals surface area contributed by atoms with Gasteiger partial charge in [-0.25, -0.2) is 0 Å². The maximum atomic E-state index is 5.63. The fourth-order valence-corrected chi connectivity index (χ4v) is 1.19. The molecule has 0 atom stereocenters. The third-order valence-electron chi connectivity index (χ3n) is 1.85. The molecule has 2 N–H and O–H groups in total. The summed E-state index contributed by atoms with van der Waals surface area (Å²) in [7, 11) is 0. The van der Waals surface area contributed by atoms with E-state index in [0.29, 0.717) is 0 Å². The maximum Gasteiger partial charge on any atom is 0.0928 e. The minimum Gasteiger partial charge on any atom is -0.339 e. The molecule has 0 saturated heterocycles. The quantitative estimate of drug-likeness (QED) is 0.566. The summed E-state index contributed by atoms with van der Waals surface area (Å²) in [6.07, 6.45) is 3.65. The van der Waals surface area contributed by atoms with Crippen LogP contribution in [0.4, 0.5) is 0 Å². The lowest BCUT2D eigenvalue weighted by Crippen LogP contribution is -2.07. The highest BCUT2D eigenvalue weighted by Crippen LogP contribution is 2.14. The van der Waals surface area contributed by atoms with Gasteiger partial charge in [-0.05, 0) is 19.1 Å². The summed E-state index contributed by atoms with van der Waals surface area (Å²) in [4.78, 5) is 4.20. The molecular formula is C8H9N3. The Labute approximate surface area is 64.4 Å². The van der Waals surface area contributed by atoms with Gasteiger partial charge in [-0.3, -0.25) is 9.66 Å². The predicted molar refractivity (Wildman–Crippen MR) is 44.6 cm³/mol. The van der Waals surface area contributed by atoms with Gasteiger partial charge in [0.15, 0.2) is 0 Å². The molecule has 0 radical (unpaired) electrons. The first-order valence-electron chi connectivity index (χ1n) is 3.47. The Morgan fingerprint density at radius 1 is 1.55 bits per heavy atom. The van der Waals surface area contributed by atoms with Crippen LogP contribution < -0.4 is 5.84 Å². The van der Waals surface area contributed by atoms with Crippen LogP contribution in [0.5, 0.6) is 0 Å². The topological polar surface area (TPSA) is 43.8 Å². The van der Waals surface area contributed by atoms with Crippen LogP contribution in [0.3, 0.4) is 0 Å². The van der Waals surface area contributed by atoms with Crippen LogP contribution >= 0.6 is 0 Å². The SMILES string of the molecule is Cc1c2ncccc2cn1N. The van der Waals surface area contributed by atoms with Crippen LogP contribution in [0, 0.1) is 6.92 Å². The second-order valence-electron chi connectivity index (χ2n) is 2.56. The Hall–Kier alpha value is -1.51. The molecule has 3 heteroatoms. The van der Waals surface area contributed by atoms with Crippen molar-refractivity contribution in [3.05, 3.63) is 30.2 Å². The average Bonchev–Trinajstić information content (AvgIpc) is 2.30. The van der Waals surface area contributed by atoms with E-state index in [4.69, 9.17) is 5.84 Å². The molecule has 0 aromatic carbocycles. The zero-order valence-electron chi connectivity index (χ0n) is 6.28. The smallest absolute Gasteiger partial charge is 0.0928 e. The highest BCUT2D eigenvalue weighted by Gasteiger charge is 2.01. The van der Waals surface area contributed by atoms with Gasteiger partial charge in [0, 0.05) is 17.8 Å². The number of hydrogen-bond donors (Lipinski definition) is 1. The molecule has 11 heavy (non-hydrogen) atoms. The van der Waals surface area contributed by atoms with E-state index in [1.807, 2.05) is 25.3 Å².